The van der Waals surface area contributed by atoms with Gasteiger partial charge < -0.3 is 19.2 Å². The summed E-state index contributed by atoms with van der Waals surface area (Å²) >= 11 is 0. The fourth-order valence-corrected chi connectivity index (χ4v) is 2.07. The number of ether oxygens (including phenoxy) is 1. The highest BCUT2D eigenvalue weighted by molar-refractivity contribution is 6.04. The molecule has 1 aromatic carbocycles. The quantitative estimate of drug-likeness (QED) is 0.800. The molecule has 0 bridgehead atoms. The Labute approximate surface area is 99.4 Å². The molecule has 0 aliphatic carbocycles. The van der Waals surface area contributed by atoms with Gasteiger partial charge in [-0.15, -0.1) is 0 Å². The van der Waals surface area contributed by atoms with Crippen LogP contribution in [0.4, 0.5) is 0 Å². The molecule has 0 fully saturated rings. The summed E-state index contributed by atoms with van der Waals surface area (Å²) in [5.41, 5.74) is 1.79. The lowest BCUT2D eigenvalue weighted by Gasteiger charge is -2.04. The van der Waals surface area contributed by atoms with Crippen molar-refractivity contribution in [2.45, 2.75) is 13.8 Å². The molecule has 1 aromatic heterocycles. The number of rotatable bonds is 3. The smallest absolute Gasteiger partial charge is 0.120 e. The molecule has 4 nitrogen and oxygen atoms in total. The monoisotopic (exact) mass is 232 g/mol. The maximum atomic E-state index is 11.2. The molecule has 0 radical (unpaired) electrons. The van der Waals surface area contributed by atoms with Crippen LogP contribution in [0.5, 0.6) is 5.75 Å². The van der Waals surface area contributed by atoms with Gasteiger partial charge >= 0.3 is 0 Å². The number of nitrogens with zero attached hydrogens (tertiary/aromatic N) is 1. The molecule has 0 aliphatic rings. The van der Waals surface area contributed by atoms with Crippen LogP contribution in [0.25, 0.3) is 10.9 Å². The molecule has 0 spiro atoms. The molecule has 4 heteroatoms. The minimum atomic E-state index is -1.15. The summed E-state index contributed by atoms with van der Waals surface area (Å²) in [6, 6.07) is 5.45. The van der Waals surface area contributed by atoms with Crippen molar-refractivity contribution in [3.8, 4) is 5.75 Å². The molecule has 0 saturated carbocycles. The second kappa shape index (κ2) is 4.13. The number of carboxylic acid groups (broad SMARTS) is 1. The van der Waals surface area contributed by atoms with Gasteiger partial charge in [0.2, 0.25) is 0 Å². The zero-order valence-electron chi connectivity index (χ0n) is 10.1. The van der Waals surface area contributed by atoms with Gasteiger partial charge in [0, 0.05) is 29.2 Å². The fourth-order valence-electron chi connectivity index (χ4n) is 2.07. The number of carboxylic acids is 1. The molecule has 0 aliphatic heterocycles. The van der Waals surface area contributed by atoms with Crippen molar-refractivity contribution in [1.82, 2.24) is 4.57 Å². The van der Waals surface area contributed by atoms with E-state index in [1.165, 1.54) is 0 Å². The first-order chi connectivity index (χ1) is 8.06. The SMILES string of the molecule is CCOc1ccc2c(c1)c(C(=O)[O-])c(C)n2C. The van der Waals surface area contributed by atoms with Gasteiger partial charge in [-0.1, -0.05) is 0 Å². The topological polar surface area (TPSA) is 54.3 Å². The minimum Gasteiger partial charge on any atom is -0.545 e. The average Bonchev–Trinajstić information content (AvgIpc) is 2.52. The van der Waals surface area contributed by atoms with E-state index in [1.807, 2.05) is 30.7 Å². The van der Waals surface area contributed by atoms with E-state index < -0.39 is 5.97 Å². The summed E-state index contributed by atoms with van der Waals surface area (Å²) in [7, 11) is 1.84. The molecule has 2 rings (SSSR count). The van der Waals surface area contributed by atoms with Gasteiger partial charge in [0.25, 0.3) is 0 Å². The number of carbonyl (C=O) groups excluding carboxylic acids is 1. The van der Waals surface area contributed by atoms with Gasteiger partial charge in [-0.2, -0.15) is 0 Å². The van der Waals surface area contributed by atoms with Crippen molar-refractivity contribution >= 4 is 16.9 Å². The molecular formula is C13H14NO3-. The van der Waals surface area contributed by atoms with Crippen LogP contribution in [0, 0.1) is 6.92 Å². The lowest BCUT2D eigenvalue weighted by atomic mass is 10.1. The second-order valence-corrected chi connectivity index (χ2v) is 3.92. The maximum absolute atomic E-state index is 11.2. The van der Waals surface area contributed by atoms with E-state index in [0.717, 1.165) is 5.52 Å². The summed E-state index contributed by atoms with van der Waals surface area (Å²) in [5.74, 6) is -0.477. The van der Waals surface area contributed by atoms with E-state index in [4.69, 9.17) is 4.74 Å². The Morgan fingerprint density at radius 2 is 2.18 bits per heavy atom. The Morgan fingerprint density at radius 3 is 2.76 bits per heavy atom. The molecule has 0 amide bonds. The van der Waals surface area contributed by atoms with Crippen LogP contribution in [-0.2, 0) is 7.05 Å². The van der Waals surface area contributed by atoms with Crippen LogP contribution in [0.1, 0.15) is 23.0 Å². The summed E-state index contributed by atoms with van der Waals surface area (Å²) in [4.78, 5) is 11.2. The minimum absolute atomic E-state index is 0.240. The van der Waals surface area contributed by atoms with Crippen LogP contribution >= 0.6 is 0 Å². The van der Waals surface area contributed by atoms with E-state index in [0.29, 0.717) is 23.4 Å². The van der Waals surface area contributed by atoms with E-state index in [9.17, 15) is 9.90 Å². The lowest BCUT2D eigenvalue weighted by molar-refractivity contribution is -0.254. The van der Waals surface area contributed by atoms with Crippen molar-refractivity contribution < 1.29 is 14.6 Å². The number of aryl methyl sites for hydroxylation is 1. The third kappa shape index (κ3) is 1.75. The van der Waals surface area contributed by atoms with Crippen molar-refractivity contribution in [3.05, 3.63) is 29.5 Å². The summed E-state index contributed by atoms with van der Waals surface area (Å²) in [6.45, 7) is 4.21. The first-order valence-corrected chi connectivity index (χ1v) is 5.49. The number of aromatic carboxylic acids is 1. The second-order valence-electron chi connectivity index (χ2n) is 3.92. The number of benzene rings is 1. The van der Waals surface area contributed by atoms with E-state index in [2.05, 4.69) is 0 Å². The Hall–Kier alpha value is -1.97. The Balaban J connectivity index is 2.74. The van der Waals surface area contributed by atoms with Crippen LogP contribution in [0.15, 0.2) is 18.2 Å². The highest BCUT2D eigenvalue weighted by Crippen LogP contribution is 2.28. The van der Waals surface area contributed by atoms with Crippen molar-refractivity contribution in [1.29, 1.82) is 0 Å². The van der Waals surface area contributed by atoms with E-state index in [-0.39, 0.29) is 5.56 Å². The molecule has 0 unspecified atom stereocenters. The molecular weight excluding hydrogens is 218 g/mol. The molecule has 17 heavy (non-hydrogen) atoms. The molecule has 2 aromatic rings. The van der Waals surface area contributed by atoms with Gasteiger partial charge in [-0.25, -0.2) is 0 Å². The van der Waals surface area contributed by atoms with E-state index in [1.54, 1.807) is 13.0 Å². The standard InChI is InChI=1S/C13H15NO3/c1-4-17-9-5-6-11-10(7-9)12(13(15)16)8(2)14(11)3/h5-7H,4H2,1-3H3,(H,15,16)/p-1. The zero-order chi connectivity index (χ0) is 12.6. The van der Waals surface area contributed by atoms with Crippen molar-refractivity contribution in [2.75, 3.05) is 6.61 Å². The number of hydrogen-bond acceptors (Lipinski definition) is 3. The molecule has 0 N–H and O–H groups in total. The van der Waals surface area contributed by atoms with Gasteiger partial charge in [-0.3, -0.25) is 0 Å². The Bertz CT molecular complexity index is 584. The predicted octanol–water partition coefficient (Wildman–Crippen LogP) is 1.25. The summed E-state index contributed by atoms with van der Waals surface area (Å²) < 4.78 is 7.22. The van der Waals surface area contributed by atoms with Gasteiger partial charge in [-0.05, 0) is 32.0 Å². The number of carbonyl (C=O) groups is 1. The van der Waals surface area contributed by atoms with Gasteiger partial charge in [0.15, 0.2) is 0 Å². The Morgan fingerprint density at radius 1 is 1.47 bits per heavy atom. The first kappa shape index (κ1) is 11.5. The maximum Gasteiger partial charge on any atom is 0.120 e. The average molecular weight is 232 g/mol. The van der Waals surface area contributed by atoms with Gasteiger partial charge in [0.1, 0.15) is 5.75 Å². The molecule has 1 heterocycles. The largest absolute Gasteiger partial charge is 0.545 e. The highest BCUT2D eigenvalue weighted by Gasteiger charge is 2.13. The molecule has 0 atom stereocenters. The zero-order valence-corrected chi connectivity index (χ0v) is 10.1. The van der Waals surface area contributed by atoms with Crippen molar-refractivity contribution in [3.63, 3.8) is 0 Å². The number of fused-ring (bicyclic) bond motifs is 1. The van der Waals surface area contributed by atoms with E-state index >= 15 is 0 Å². The molecule has 0 saturated heterocycles. The van der Waals surface area contributed by atoms with Crippen LogP contribution in [-0.4, -0.2) is 17.1 Å². The highest BCUT2D eigenvalue weighted by atomic mass is 16.5. The lowest BCUT2D eigenvalue weighted by Crippen LogP contribution is -2.23. The van der Waals surface area contributed by atoms with Crippen molar-refractivity contribution in [2.24, 2.45) is 7.05 Å². The van der Waals surface area contributed by atoms with Crippen LogP contribution in [0.2, 0.25) is 0 Å². The van der Waals surface area contributed by atoms with Crippen LogP contribution < -0.4 is 9.84 Å². The summed E-state index contributed by atoms with van der Waals surface area (Å²) in [6.07, 6.45) is 0. The normalized spacial score (nSPS) is 10.8. The number of aromatic nitrogens is 1. The summed E-state index contributed by atoms with van der Waals surface area (Å²) in [5, 5.41) is 11.8. The first-order valence-electron chi connectivity index (χ1n) is 5.49. The predicted molar refractivity (Wildman–Crippen MR) is 63.2 cm³/mol. The third-order valence-electron chi connectivity index (χ3n) is 2.98. The van der Waals surface area contributed by atoms with Crippen LogP contribution in [0.3, 0.4) is 0 Å². The molecule has 90 valence electrons. The fraction of sp³-hybridized carbons (Fsp3) is 0.308. The third-order valence-corrected chi connectivity index (χ3v) is 2.98. The number of hydrogen-bond donors (Lipinski definition) is 0. The Kier molecular flexibility index (Phi) is 2.79. The van der Waals surface area contributed by atoms with Gasteiger partial charge in [0.05, 0.1) is 12.6 Å².